The molecule has 138 valence electrons. The topological polar surface area (TPSA) is 90.7 Å². The largest absolute Gasteiger partial charge is 0.338 e. The normalized spacial score (nSPS) is 18.5. The zero-order chi connectivity index (χ0) is 17.9. The van der Waals surface area contributed by atoms with Gasteiger partial charge in [-0.15, -0.1) is 10.2 Å². The molecule has 1 aliphatic heterocycles. The van der Waals surface area contributed by atoms with Gasteiger partial charge in [0, 0.05) is 38.3 Å². The molecule has 0 saturated carbocycles. The van der Waals surface area contributed by atoms with Crippen LogP contribution < -0.4 is 0 Å². The van der Waals surface area contributed by atoms with Crippen LogP contribution in [0.2, 0.25) is 0 Å². The quantitative estimate of drug-likeness (QED) is 0.659. The molecule has 1 saturated heterocycles. The maximum Gasteiger partial charge on any atom is 0.240 e. The fourth-order valence-electron chi connectivity index (χ4n) is 3.51. The summed E-state index contributed by atoms with van der Waals surface area (Å²) in [7, 11) is 2.04. The number of hydrogen-bond acceptors (Lipinski definition) is 7. The Balaban J connectivity index is 1.43. The molecular formula is C17H24N8O. The number of likely N-dealkylation sites (tertiary alicyclic amines) is 1. The first-order valence-corrected chi connectivity index (χ1v) is 9.12. The Morgan fingerprint density at radius 1 is 1.27 bits per heavy atom. The Labute approximate surface area is 152 Å². The fraction of sp³-hybridized carbons (Fsp3) is 0.588. The van der Waals surface area contributed by atoms with Crippen molar-refractivity contribution in [2.45, 2.75) is 45.2 Å². The van der Waals surface area contributed by atoms with Crippen molar-refractivity contribution in [3.05, 3.63) is 41.8 Å². The van der Waals surface area contributed by atoms with Gasteiger partial charge in [0.1, 0.15) is 12.4 Å². The molecule has 0 N–H and O–H groups in total. The van der Waals surface area contributed by atoms with E-state index in [0.717, 1.165) is 49.8 Å². The minimum absolute atomic E-state index is 0.362. The summed E-state index contributed by atoms with van der Waals surface area (Å²) >= 11 is 0. The van der Waals surface area contributed by atoms with Crippen molar-refractivity contribution in [3.63, 3.8) is 0 Å². The highest BCUT2D eigenvalue weighted by atomic mass is 16.5. The molecule has 26 heavy (non-hydrogen) atoms. The molecule has 1 aliphatic rings. The second-order valence-electron chi connectivity index (χ2n) is 6.77. The van der Waals surface area contributed by atoms with Gasteiger partial charge in [0.05, 0.1) is 6.54 Å². The molecule has 0 unspecified atom stereocenters. The van der Waals surface area contributed by atoms with Gasteiger partial charge in [0.15, 0.2) is 11.6 Å². The number of aromatic nitrogens is 7. The van der Waals surface area contributed by atoms with Crippen molar-refractivity contribution in [2.24, 2.45) is 7.05 Å². The molecule has 9 nitrogen and oxygen atoms in total. The van der Waals surface area contributed by atoms with E-state index < -0.39 is 0 Å². The number of nitrogens with zero attached hydrogens (tertiary/aromatic N) is 8. The van der Waals surface area contributed by atoms with Gasteiger partial charge in [-0.3, -0.25) is 9.58 Å². The number of rotatable bonds is 6. The molecule has 3 aromatic heterocycles. The minimum Gasteiger partial charge on any atom is -0.338 e. The lowest BCUT2D eigenvalue weighted by Crippen LogP contribution is -2.35. The van der Waals surface area contributed by atoms with E-state index in [9.17, 15) is 0 Å². The van der Waals surface area contributed by atoms with Gasteiger partial charge in [-0.05, 0) is 25.5 Å². The first-order valence-electron chi connectivity index (χ1n) is 9.12. The minimum atomic E-state index is 0.362. The van der Waals surface area contributed by atoms with E-state index in [2.05, 4.69) is 34.9 Å². The molecule has 4 heterocycles. The summed E-state index contributed by atoms with van der Waals surface area (Å²) in [6.45, 7) is 5.33. The number of aryl methyl sites for hydroxylation is 1. The van der Waals surface area contributed by atoms with Crippen LogP contribution in [-0.4, -0.2) is 52.7 Å². The lowest BCUT2D eigenvalue weighted by molar-refractivity contribution is 0.173. The third kappa shape index (κ3) is 3.52. The molecule has 0 aromatic carbocycles. The standard InChI is InChI=1S/C17H24N8O/c1-3-14-19-16(26-22-14)12-24-8-4-6-13(10-24)17-21-20-15(23(17)2)11-25-9-5-7-18-25/h5,7,9,13H,3-4,6,8,10-12H2,1-2H3/t13-/m0/s1. The predicted molar refractivity (Wildman–Crippen MR) is 93.3 cm³/mol. The van der Waals surface area contributed by atoms with E-state index in [-0.39, 0.29) is 0 Å². The van der Waals surface area contributed by atoms with E-state index in [1.54, 1.807) is 6.20 Å². The summed E-state index contributed by atoms with van der Waals surface area (Å²) < 4.78 is 9.31. The van der Waals surface area contributed by atoms with Gasteiger partial charge >= 0.3 is 0 Å². The Bertz CT molecular complexity index is 837. The van der Waals surface area contributed by atoms with Gasteiger partial charge in [0.2, 0.25) is 5.89 Å². The highest BCUT2D eigenvalue weighted by Crippen LogP contribution is 2.26. The van der Waals surface area contributed by atoms with Crippen molar-refractivity contribution in [2.75, 3.05) is 13.1 Å². The Morgan fingerprint density at radius 2 is 2.19 bits per heavy atom. The summed E-state index contributed by atoms with van der Waals surface area (Å²) in [6, 6.07) is 1.91. The zero-order valence-electron chi connectivity index (χ0n) is 15.2. The van der Waals surface area contributed by atoms with E-state index in [1.807, 2.05) is 30.9 Å². The van der Waals surface area contributed by atoms with E-state index >= 15 is 0 Å². The molecule has 1 atom stereocenters. The first kappa shape index (κ1) is 16.9. The van der Waals surface area contributed by atoms with Crippen molar-refractivity contribution < 1.29 is 4.52 Å². The molecule has 3 aromatic rings. The fourth-order valence-corrected chi connectivity index (χ4v) is 3.51. The Hall–Kier alpha value is -2.55. The molecule has 0 amide bonds. The number of piperidine rings is 1. The van der Waals surface area contributed by atoms with Crippen LogP contribution in [0.15, 0.2) is 23.0 Å². The average Bonchev–Trinajstić information content (AvgIpc) is 3.39. The van der Waals surface area contributed by atoms with Crippen molar-refractivity contribution in [1.82, 2.24) is 39.6 Å². The Morgan fingerprint density at radius 3 is 2.96 bits per heavy atom. The molecule has 9 heteroatoms. The van der Waals surface area contributed by atoms with Crippen LogP contribution in [0.4, 0.5) is 0 Å². The second-order valence-corrected chi connectivity index (χ2v) is 6.77. The number of hydrogen-bond donors (Lipinski definition) is 0. The van der Waals surface area contributed by atoms with Gasteiger partial charge in [-0.2, -0.15) is 10.1 Å². The van der Waals surface area contributed by atoms with Crippen LogP contribution in [-0.2, 0) is 26.6 Å². The lowest BCUT2D eigenvalue weighted by Gasteiger charge is -2.31. The highest BCUT2D eigenvalue weighted by molar-refractivity contribution is 5.04. The summed E-state index contributed by atoms with van der Waals surface area (Å²) in [5.74, 6) is 3.79. The van der Waals surface area contributed by atoms with Gasteiger partial charge in [-0.25, -0.2) is 0 Å². The summed E-state index contributed by atoms with van der Waals surface area (Å²) in [4.78, 5) is 6.79. The lowest BCUT2D eigenvalue weighted by atomic mass is 9.97. The van der Waals surface area contributed by atoms with Gasteiger partial charge < -0.3 is 9.09 Å². The van der Waals surface area contributed by atoms with Crippen LogP contribution >= 0.6 is 0 Å². The van der Waals surface area contributed by atoms with Gasteiger partial charge in [0.25, 0.3) is 0 Å². The van der Waals surface area contributed by atoms with Crippen molar-refractivity contribution in [3.8, 4) is 0 Å². The van der Waals surface area contributed by atoms with Crippen molar-refractivity contribution in [1.29, 1.82) is 0 Å². The maximum absolute atomic E-state index is 5.34. The third-order valence-corrected chi connectivity index (χ3v) is 4.92. The monoisotopic (exact) mass is 356 g/mol. The predicted octanol–water partition coefficient (Wildman–Crippen LogP) is 1.38. The molecule has 1 fully saturated rings. The average molecular weight is 356 g/mol. The first-order chi connectivity index (χ1) is 12.7. The SMILES string of the molecule is CCc1noc(CN2CCC[C@H](c3nnc(Cn4cccn4)n3C)C2)n1. The van der Waals surface area contributed by atoms with Gasteiger partial charge in [-0.1, -0.05) is 12.1 Å². The van der Waals surface area contributed by atoms with Crippen LogP contribution in [0.25, 0.3) is 0 Å². The smallest absolute Gasteiger partial charge is 0.240 e. The maximum atomic E-state index is 5.34. The molecule has 0 spiro atoms. The van der Waals surface area contributed by atoms with Crippen LogP contribution in [0.3, 0.4) is 0 Å². The van der Waals surface area contributed by atoms with Crippen LogP contribution in [0, 0.1) is 0 Å². The Kier molecular flexibility index (Phi) is 4.79. The van der Waals surface area contributed by atoms with Crippen LogP contribution in [0.5, 0.6) is 0 Å². The van der Waals surface area contributed by atoms with Crippen molar-refractivity contribution >= 4 is 0 Å². The molecular weight excluding hydrogens is 332 g/mol. The molecule has 0 radical (unpaired) electrons. The van der Waals surface area contributed by atoms with Crippen LogP contribution in [0.1, 0.15) is 49.0 Å². The van der Waals surface area contributed by atoms with E-state index in [4.69, 9.17) is 4.52 Å². The van der Waals surface area contributed by atoms with E-state index in [1.165, 1.54) is 0 Å². The van der Waals surface area contributed by atoms with E-state index in [0.29, 0.717) is 24.9 Å². The molecule has 4 rings (SSSR count). The third-order valence-electron chi connectivity index (χ3n) is 4.92. The second kappa shape index (κ2) is 7.36. The highest BCUT2D eigenvalue weighted by Gasteiger charge is 2.27. The molecule has 0 bridgehead atoms. The summed E-state index contributed by atoms with van der Waals surface area (Å²) in [5, 5.41) is 17.1. The summed E-state index contributed by atoms with van der Waals surface area (Å²) in [5.41, 5.74) is 0. The molecule has 0 aliphatic carbocycles. The summed E-state index contributed by atoms with van der Waals surface area (Å²) in [6.07, 6.45) is 6.75. The zero-order valence-corrected chi connectivity index (χ0v) is 15.2.